The monoisotopic (exact) mass is 432 g/mol. The van der Waals surface area contributed by atoms with Gasteiger partial charge < -0.3 is 11.1 Å². The Morgan fingerprint density at radius 2 is 1.83 bits per heavy atom. The molecule has 148 valence electrons. The van der Waals surface area contributed by atoms with Gasteiger partial charge in [-0.1, -0.05) is 12.1 Å². The second-order valence-corrected chi connectivity index (χ2v) is 8.61. The number of anilines is 1. The molecule has 9 heteroatoms. The zero-order valence-electron chi connectivity index (χ0n) is 15.6. The molecule has 0 spiro atoms. The number of aromatic nitrogens is 4. The second-order valence-electron chi connectivity index (χ2n) is 6.49. The molecule has 2 aromatic carbocycles. The zero-order chi connectivity index (χ0) is 20.5. The van der Waals surface area contributed by atoms with E-state index in [1.165, 1.54) is 11.3 Å². The first-order valence-corrected chi connectivity index (χ1v) is 10.8. The summed E-state index contributed by atoms with van der Waals surface area (Å²) in [7, 11) is 0. The van der Waals surface area contributed by atoms with E-state index in [4.69, 9.17) is 5.73 Å². The van der Waals surface area contributed by atoms with Gasteiger partial charge in [-0.2, -0.15) is 5.10 Å². The van der Waals surface area contributed by atoms with Gasteiger partial charge in [0, 0.05) is 11.3 Å². The van der Waals surface area contributed by atoms with Crippen LogP contribution in [0, 0.1) is 0 Å². The lowest BCUT2D eigenvalue weighted by Crippen LogP contribution is -2.09. The molecule has 3 aromatic heterocycles. The number of amides is 1. The smallest absolute Gasteiger partial charge is 0.265 e. The van der Waals surface area contributed by atoms with Gasteiger partial charge >= 0.3 is 0 Å². The molecule has 0 aliphatic rings. The maximum Gasteiger partial charge on any atom is 0.265 e. The van der Waals surface area contributed by atoms with Gasteiger partial charge in [-0.05, 0) is 48.5 Å². The lowest BCUT2D eigenvalue weighted by atomic mass is 10.2. The number of hydrogen-bond donors (Lipinski definition) is 3. The molecule has 0 atom stereocenters. The SMILES string of the molecule is NCc1nc(-c2ccc(NC(=O)c3ccc(-c4nc5ccccc5s4)s3)cc2)n[nH]1. The van der Waals surface area contributed by atoms with Crippen LogP contribution in [0.1, 0.15) is 15.5 Å². The number of nitrogens with two attached hydrogens (primary N) is 1. The van der Waals surface area contributed by atoms with Crippen LogP contribution in [-0.4, -0.2) is 26.1 Å². The average Bonchev–Trinajstić information content (AvgIpc) is 3.52. The van der Waals surface area contributed by atoms with Crippen molar-refractivity contribution >= 4 is 44.5 Å². The molecule has 5 aromatic rings. The molecule has 0 aliphatic carbocycles. The summed E-state index contributed by atoms with van der Waals surface area (Å²) in [4.78, 5) is 23.2. The molecule has 0 bridgehead atoms. The molecule has 3 heterocycles. The highest BCUT2D eigenvalue weighted by Crippen LogP contribution is 2.34. The number of para-hydroxylation sites is 1. The number of thiazole rings is 1. The van der Waals surface area contributed by atoms with E-state index in [2.05, 4.69) is 31.5 Å². The largest absolute Gasteiger partial charge is 0.324 e. The molecule has 4 N–H and O–H groups in total. The van der Waals surface area contributed by atoms with Crippen molar-refractivity contribution in [1.29, 1.82) is 0 Å². The van der Waals surface area contributed by atoms with E-state index in [-0.39, 0.29) is 5.91 Å². The average molecular weight is 433 g/mol. The van der Waals surface area contributed by atoms with Gasteiger partial charge in [-0.3, -0.25) is 9.89 Å². The highest BCUT2D eigenvalue weighted by molar-refractivity contribution is 7.26. The van der Waals surface area contributed by atoms with Crippen molar-refractivity contribution in [2.75, 3.05) is 5.32 Å². The fraction of sp³-hybridized carbons (Fsp3) is 0.0476. The van der Waals surface area contributed by atoms with Crippen molar-refractivity contribution in [2.24, 2.45) is 5.73 Å². The minimum atomic E-state index is -0.150. The van der Waals surface area contributed by atoms with Crippen molar-refractivity contribution < 1.29 is 4.79 Å². The van der Waals surface area contributed by atoms with E-state index in [0.717, 1.165) is 25.7 Å². The number of aromatic amines is 1. The van der Waals surface area contributed by atoms with E-state index in [0.29, 0.717) is 28.8 Å². The number of carbonyl (C=O) groups excluding carboxylic acids is 1. The van der Waals surface area contributed by atoms with Crippen molar-refractivity contribution in [3.63, 3.8) is 0 Å². The summed E-state index contributed by atoms with van der Waals surface area (Å²) in [5.41, 5.74) is 8.07. The highest BCUT2D eigenvalue weighted by atomic mass is 32.1. The topological polar surface area (TPSA) is 110 Å². The lowest BCUT2D eigenvalue weighted by molar-refractivity contribution is 0.103. The first-order valence-electron chi connectivity index (χ1n) is 9.18. The van der Waals surface area contributed by atoms with Crippen molar-refractivity contribution in [3.05, 3.63) is 71.4 Å². The number of nitrogens with one attached hydrogen (secondary N) is 2. The van der Waals surface area contributed by atoms with E-state index in [1.54, 1.807) is 11.3 Å². The van der Waals surface area contributed by atoms with Crippen LogP contribution in [0.3, 0.4) is 0 Å². The number of nitrogens with zero attached hydrogens (tertiary/aromatic N) is 3. The number of thiophene rings is 1. The predicted molar refractivity (Wildman–Crippen MR) is 121 cm³/mol. The molecule has 0 aliphatic heterocycles. The zero-order valence-corrected chi connectivity index (χ0v) is 17.3. The van der Waals surface area contributed by atoms with E-state index < -0.39 is 0 Å². The Labute approximate surface area is 179 Å². The summed E-state index contributed by atoms with van der Waals surface area (Å²) >= 11 is 3.06. The Kier molecular flexibility index (Phi) is 4.83. The molecule has 0 saturated carbocycles. The summed E-state index contributed by atoms with van der Waals surface area (Å²) < 4.78 is 1.14. The number of H-pyrrole nitrogens is 1. The summed E-state index contributed by atoms with van der Waals surface area (Å²) in [6, 6.07) is 19.2. The number of hydrogen-bond acceptors (Lipinski definition) is 7. The standard InChI is InChI=1S/C21H16N6OS2/c22-11-18-25-19(27-26-18)12-5-7-13(8-6-12)23-20(28)16-9-10-17(29-16)21-24-14-3-1-2-4-15(14)30-21/h1-10H,11,22H2,(H,23,28)(H,25,26,27). The van der Waals surface area contributed by atoms with Gasteiger partial charge in [0.15, 0.2) is 5.82 Å². The van der Waals surface area contributed by atoms with Crippen LogP contribution < -0.4 is 11.1 Å². The Morgan fingerprint density at radius 1 is 1.00 bits per heavy atom. The Bertz CT molecular complexity index is 1300. The summed E-state index contributed by atoms with van der Waals surface area (Å²) in [6.07, 6.45) is 0. The van der Waals surface area contributed by atoms with Crippen LogP contribution >= 0.6 is 22.7 Å². The normalized spacial score (nSPS) is 11.1. The third-order valence-corrected chi connectivity index (χ3v) is 6.75. The van der Waals surface area contributed by atoms with Crippen LogP contribution in [0.25, 0.3) is 31.5 Å². The van der Waals surface area contributed by atoms with E-state index >= 15 is 0 Å². The molecule has 7 nitrogen and oxygen atoms in total. The van der Waals surface area contributed by atoms with Crippen LogP contribution in [0.4, 0.5) is 5.69 Å². The summed E-state index contributed by atoms with van der Waals surface area (Å²) in [5, 5.41) is 10.8. The molecular weight excluding hydrogens is 416 g/mol. The van der Waals surface area contributed by atoms with Crippen LogP contribution in [0.2, 0.25) is 0 Å². The first-order chi connectivity index (χ1) is 14.7. The number of rotatable bonds is 5. The summed E-state index contributed by atoms with van der Waals surface area (Å²) in [5.74, 6) is 1.06. The Morgan fingerprint density at radius 3 is 2.60 bits per heavy atom. The van der Waals surface area contributed by atoms with Crippen molar-refractivity contribution in [3.8, 4) is 21.3 Å². The van der Waals surface area contributed by atoms with Gasteiger partial charge in [0.2, 0.25) is 0 Å². The van der Waals surface area contributed by atoms with Gasteiger partial charge in [0.05, 0.1) is 26.5 Å². The fourth-order valence-electron chi connectivity index (χ4n) is 2.96. The van der Waals surface area contributed by atoms with E-state index in [1.807, 2.05) is 54.6 Å². The highest BCUT2D eigenvalue weighted by Gasteiger charge is 2.14. The lowest BCUT2D eigenvalue weighted by Gasteiger charge is -2.04. The second kappa shape index (κ2) is 7.79. The summed E-state index contributed by atoms with van der Waals surface area (Å²) in [6.45, 7) is 0.307. The number of benzene rings is 2. The predicted octanol–water partition coefficient (Wildman–Crippen LogP) is 4.52. The molecule has 0 radical (unpaired) electrons. The molecule has 5 rings (SSSR count). The van der Waals surface area contributed by atoms with Crippen molar-refractivity contribution in [2.45, 2.75) is 6.54 Å². The molecule has 1 amide bonds. The molecule has 30 heavy (non-hydrogen) atoms. The molecular formula is C21H16N6OS2. The van der Waals surface area contributed by atoms with Gasteiger partial charge in [0.25, 0.3) is 5.91 Å². The number of carbonyl (C=O) groups is 1. The van der Waals surface area contributed by atoms with Crippen LogP contribution in [0.15, 0.2) is 60.7 Å². The van der Waals surface area contributed by atoms with Crippen LogP contribution in [0.5, 0.6) is 0 Å². The van der Waals surface area contributed by atoms with E-state index in [9.17, 15) is 4.79 Å². The minimum absolute atomic E-state index is 0.150. The number of fused-ring (bicyclic) bond motifs is 1. The van der Waals surface area contributed by atoms with Crippen molar-refractivity contribution in [1.82, 2.24) is 20.2 Å². The van der Waals surface area contributed by atoms with Gasteiger partial charge in [-0.15, -0.1) is 22.7 Å². The minimum Gasteiger partial charge on any atom is -0.324 e. The third-order valence-electron chi connectivity index (χ3n) is 4.46. The van der Waals surface area contributed by atoms with Crippen LogP contribution in [-0.2, 0) is 6.54 Å². The van der Waals surface area contributed by atoms with Gasteiger partial charge in [0.1, 0.15) is 10.8 Å². The maximum absolute atomic E-state index is 12.7. The molecule has 0 fully saturated rings. The third kappa shape index (κ3) is 3.61. The fourth-order valence-corrected chi connectivity index (χ4v) is 4.89. The molecule has 0 saturated heterocycles. The Hall–Kier alpha value is -3.40. The van der Waals surface area contributed by atoms with Gasteiger partial charge in [-0.25, -0.2) is 9.97 Å². The maximum atomic E-state index is 12.7. The molecule has 0 unspecified atom stereocenters. The Balaban J connectivity index is 1.31. The quantitative estimate of drug-likeness (QED) is 0.378. The first kappa shape index (κ1) is 18.6.